The zero-order valence-electron chi connectivity index (χ0n) is 13.4. The molecule has 1 aromatic carbocycles. The molecule has 0 aliphatic carbocycles. The fraction of sp³-hybridized carbons (Fsp3) is 0.600. The summed E-state index contributed by atoms with van der Waals surface area (Å²) in [7, 11) is 2.87. The highest BCUT2D eigenvalue weighted by Crippen LogP contribution is 2.37. The molecule has 2 rings (SSSR count). The lowest BCUT2D eigenvalue weighted by Gasteiger charge is -2.32. The molecule has 1 saturated heterocycles. The second-order valence-corrected chi connectivity index (χ2v) is 6.13. The van der Waals surface area contributed by atoms with Gasteiger partial charge >= 0.3 is 7.12 Å². The second-order valence-electron chi connectivity index (χ2n) is 6.13. The van der Waals surface area contributed by atoms with Gasteiger partial charge in [0, 0.05) is 6.07 Å². The molecule has 1 aromatic rings. The van der Waals surface area contributed by atoms with Gasteiger partial charge < -0.3 is 18.8 Å². The Hall–Kier alpha value is -1.20. The number of ether oxygens (including phenoxy) is 2. The Bertz CT molecular complexity index is 495. The van der Waals surface area contributed by atoms with Crippen LogP contribution in [0.2, 0.25) is 0 Å². The minimum absolute atomic E-state index is 0.361. The van der Waals surface area contributed by atoms with Crippen LogP contribution in [-0.4, -0.2) is 32.5 Å². The molecule has 4 nitrogen and oxygen atoms in total. The van der Waals surface area contributed by atoms with E-state index < -0.39 is 7.12 Å². The zero-order valence-corrected chi connectivity index (χ0v) is 13.4. The largest absolute Gasteiger partial charge is 0.497 e. The molecule has 0 atom stereocenters. The Balaban J connectivity index is 2.44. The number of benzene rings is 1. The van der Waals surface area contributed by atoms with Gasteiger partial charge in [-0.1, -0.05) is 0 Å². The van der Waals surface area contributed by atoms with Crippen molar-refractivity contribution in [3.63, 3.8) is 0 Å². The third-order valence-corrected chi connectivity index (χ3v) is 4.34. The minimum atomic E-state index is -0.413. The Morgan fingerprint density at radius 2 is 1.50 bits per heavy atom. The first kappa shape index (κ1) is 15.2. The molecule has 0 bridgehead atoms. The zero-order chi connectivity index (χ0) is 15.1. The van der Waals surface area contributed by atoms with Crippen molar-refractivity contribution in [3.05, 3.63) is 17.7 Å². The molecule has 1 fully saturated rings. The van der Waals surface area contributed by atoms with E-state index in [4.69, 9.17) is 18.8 Å². The Morgan fingerprint density at radius 1 is 0.950 bits per heavy atom. The van der Waals surface area contributed by atoms with Crippen LogP contribution in [0, 0.1) is 6.92 Å². The van der Waals surface area contributed by atoms with E-state index in [1.54, 1.807) is 14.2 Å². The predicted molar refractivity (Wildman–Crippen MR) is 80.0 cm³/mol. The van der Waals surface area contributed by atoms with E-state index >= 15 is 0 Å². The van der Waals surface area contributed by atoms with Gasteiger partial charge in [-0.15, -0.1) is 0 Å². The maximum Gasteiger partial charge on any atom is 0.495 e. The van der Waals surface area contributed by atoms with Gasteiger partial charge in [0.25, 0.3) is 0 Å². The van der Waals surface area contributed by atoms with Crippen molar-refractivity contribution in [3.8, 4) is 11.5 Å². The first-order valence-corrected chi connectivity index (χ1v) is 6.80. The summed E-state index contributed by atoms with van der Waals surface area (Å²) in [6.45, 7) is 10.2. The number of rotatable bonds is 3. The van der Waals surface area contributed by atoms with Crippen molar-refractivity contribution in [2.45, 2.75) is 45.8 Å². The van der Waals surface area contributed by atoms with Crippen LogP contribution < -0.4 is 14.9 Å². The summed E-state index contributed by atoms with van der Waals surface area (Å²) < 4.78 is 22.9. The monoisotopic (exact) mass is 278 g/mol. The van der Waals surface area contributed by atoms with Crippen molar-refractivity contribution in [1.82, 2.24) is 0 Å². The Morgan fingerprint density at radius 3 is 1.95 bits per heavy atom. The summed E-state index contributed by atoms with van der Waals surface area (Å²) in [5.41, 5.74) is 1.23. The van der Waals surface area contributed by atoms with Crippen molar-refractivity contribution in [2.24, 2.45) is 0 Å². The smallest absolute Gasteiger partial charge is 0.495 e. The highest BCUT2D eigenvalue weighted by Gasteiger charge is 2.52. The van der Waals surface area contributed by atoms with Gasteiger partial charge in [0.15, 0.2) is 0 Å². The highest BCUT2D eigenvalue weighted by molar-refractivity contribution is 6.62. The molecule has 0 radical (unpaired) electrons. The fourth-order valence-corrected chi connectivity index (χ4v) is 2.23. The van der Waals surface area contributed by atoms with E-state index in [9.17, 15) is 0 Å². The molecule has 1 aliphatic heterocycles. The average Bonchev–Trinajstić information content (AvgIpc) is 2.58. The van der Waals surface area contributed by atoms with E-state index in [1.807, 2.05) is 46.8 Å². The topological polar surface area (TPSA) is 36.9 Å². The van der Waals surface area contributed by atoms with E-state index in [0.717, 1.165) is 22.5 Å². The van der Waals surface area contributed by atoms with Crippen LogP contribution in [0.5, 0.6) is 11.5 Å². The van der Waals surface area contributed by atoms with Gasteiger partial charge in [-0.2, -0.15) is 0 Å². The molecule has 0 N–H and O–H groups in total. The maximum atomic E-state index is 6.10. The van der Waals surface area contributed by atoms with Gasteiger partial charge in [0.05, 0.1) is 25.4 Å². The molecule has 0 aromatic heterocycles. The lowest BCUT2D eigenvalue weighted by atomic mass is 9.76. The van der Waals surface area contributed by atoms with E-state index in [0.29, 0.717) is 0 Å². The summed E-state index contributed by atoms with van der Waals surface area (Å²) in [4.78, 5) is 0. The van der Waals surface area contributed by atoms with Crippen LogP contribution in [0.15, 0.2) is 12.1 Å². The first-order chi connectivity index (χ1) is 9.21. The van der Waals surface area contributed by atoms with Crippen molar-refractivity contribution in [1.29, 1.82) is 0 Å². The van der Waals surface area contributed by atoms with E-state index in [1.165, 1.54) is 0 Å². The molecule has 5 heteroatoms. The van der Waals surface area contributed by atoms with Gasteiger partial charge in [0.1, 0.15) is 11.5 Å². The fourth-order valence-electron chi connectivity index (χ4n) is 2.23. The van der Waals surface area contributed by atoms with Gasteiger partial charge in [-0.3, -0.25) is 0 Å². The molecule has 0 saturated carbocycles. The molecule has 1 aliphatic rings. The lowest BCUT2D eigenvalue weighted by Crippen LogP contribution is -2.41. The first-order valence-electron chi connectivity index (χ1n) is 6.80. The minimum Gasteiger partial charge on any atom is -0.497 e. The van der Waals surface area contributed by atoms with Crippen LogP contribution in [-0.2, 0) is 9.31 Å². The normalized spacial score (nSPS) is 20.1. The van der Waals surface area contributed by atoms with Crippen molar-refractivity contribution in [2.75, 3.05) is 14.2 Å². The molecular weight excluding hydrogens is 255 g/mol. The van der Waals surface area contributed by atoms with Crippen molar-refractivity contribution < 1.29 is 18.8 Å². The average molecular weight is 278 g/mol. The van der Waals surface area contributed by atoms with Crippen molar-refractivity contribution >= 4 is 12.6 Å². The van der Waals surface area contributed by atoms with Crippen LogP contribution in [0.25, 0.3) is 0 Å². The summed E-state index contributed by atoms with van der Waals surface area (Å²) in [5.74, 6) is 1.51. The highest BCUT2D eigenvalue weighted by atomic mass is 16.7. The maximum absolute atomic E-state index is 6.10. The Labute approximate surface area is 121 Å². The lowest BCUT2D eigenvalue weighted by molar-refractivity contribution is 0.00578. The second kappa shape index (κ2) is 4.97. The molecule has 0 unspecified atom stereocenters. The van der Waals surface area contributed by atoms with Crippen LogP contribution in [0.4, 0.5) is 0 Å². The summed E-state index contributed by atoms with van der Waals surface area (Å²) in [5, 5.41) is 0. The molecule has 0 spiro atoms. The molecule has 1 heterocycles. The SMILES string of the molecule is COc1cc(OC)c(C)c(B2OC(C)(C)C(C)(C)O2)c1. The van der Waals surface area contributed by atoms with Gasteiger partial charge in [-0.05, 0) is 51.7 Å². The number of hydrogen-bond donors (Lipinski definition) is 0. The summed E-state index contributed by atoms with van der Waals surface area (Å²) in [6, 6.07) is 3.81. The molecule has 0 amide bonds. The standard InChI is InChI=1S/C15H23BO4/c1-10-12(8-11(17-6)9-13(10)18-7)16-19-14(2,3)15(4,5)20-16/h8-9H,1-7H3. The predicted octanol–water partition coefficient (Wildman–Crippen LogP) is 2.31. The van der Waals surface area contributed by atoms with Crippen LogP contribution in [0.3, 0.4) is 0 Å². The summed E-state index contributed by atoms with van der Waals surface area (Å²) in [6.07, 6.45) is 0. The molecular formula is C15H23BO4. The number of methoxy groups -OCH3 is 2. The van der Waals surface area contributed by atoms with Gasteiger partial charge in [0.2, 0.25) is 0 Å². The number of hydrogen-bond acceptors (Lipinski definition) is 4. The van der Waals surface area contributed by atoms with E-state index in [2.05, 4.69) is 0 Å². The molecule has 110 valence electrons. The van der Waals surface area contributed by atoms with Crippen LogP contribution in [0.1, 0.15) is 33.3 Å². The van der Waals surface area contributed by atoms with E-state index in [-0.39, 0.29) is 11.2 Å². The van der Waals surface area contributed by atoms with Crippen LogP contribution >= 0.6 is 0 Å². The third-order valence-electron chi connectivity index (χ3n) is 4.34. The van der Waals surface area contributed by atoms with Gasteiger partial charge in [-0.25, -0.2) is 0 Å². The quantitative estimate of drug-likeness (QED) is 0.795. The third kappa shape index (κ3) is 2.40. The summed E-state index contributed by atoms with van der Waals surface area (Å²) >= 11 is 0. The molecule has 20 heavy (non-hydrogen) atoms. The Kier molecular flexibility index (Phi) is 3.78.